The molecule has 0 aliphatic heterocycles. The summed E-state index contributed by atoms with van der Waals surface area (Å²) in [4.78, 5) is 0. The molecule has 1 fully saturated rings. The molecular weight excluding hydrogens is 308 g/mol. The molecule has 0 radical (unpaired) electrons. The predicted octanol–water partition coefficient (Wildman–Crippen LogP) is 3.70. The van der Waals surface area contributed by atoms with Gasteiger partial charge in [0.05, 0.1) is 19.3 Å². The Labute approximate surface area is 123 Å². The second-order valence-electron chi connectivity index (χ2n) is 5.17. The Kier molecular flexibility index (Phi) is 5.11. The van der Waals surface area contributed by atoms with E-state index in [9.17, 15) is 5.11 Å². The molecule has 1 aliphatic carbocycles. The highest BCUT2D eigenvalue weighted by atomic mass is 79.9. The lowest BCUT2D eigenvalue weighted by molar-refractivity contribution is 0.193. The van der Waals surface area contributed by atoms with Crippen LogP contribution in [-0.4, -0.2) is 24.4 Å². The van der Waals surface area contributed by atoms with Gasteiger partial charge in [-0.15, -0.1) is 0 Å². The van der Waals surface area contributed by atoms with Gasteiger partial charge in [0.2, 0.25) is 0 Å². The Morgan fingerprint density at radius 3 is 2.58 bits per heavy atom. The Hall–Kier alpha value is -0.740. The highest BCUT2D eigenvalue weighted by Gasteiger charge is 2.19. The molecule has 0 spiro atoms. The Bertz CT molecular complexity index is 426. The minimum Gasteiger partial charge on any atom is -0.493 e. The average Bonchev–Trinajstić information content (AvgIpc) is 2.85. The fourth-order valence-electron chi connectivity index (χ4n) is 2.49. The summed E-state index contributed by atoms with van der Waals surface area (Å²) in [5.74, 6) is 1.53. The van der Waals surface area contributed by atoms with Crippen LogP contribution in [0.2, 0.25) is 0 Å². The minimum atomic E-state index is -0.373. The van der Waals surface area contributed by atoms with Crippen LogP contribution in [0.5, 0.6) is 11.5 Å². The van der Waals surface area contributed by atoms with E-state index < -0.39 is 0 Å². The number of methoxy groups -OCH3 is 1. The van der Waals surface area contributed by atoms with Crippen molar-refractivity contribution in [2.24, 2.45) is 0 Å². The molecule has 0 saturated heterocycles. The maximum absolute atomic E-state index is 9.50. The molecule has 1 saturated carbocycles. The largest absolute Gasteiger partial charge is 0.493 e. The van der Waals surface area contributed by atoms with Crippen LogP contribution in [0, 0.1) is 0 Å². The van der Waals surface area contributed by atoms with Gasteiger partial charge in [0.15, 0.2) is 11.5 Å². The average molecular weight is 329 g/mol. The fraction of sp³-hybridized carbons (Fsp3) is 0.600. The summed E-state index contributed by atoms with van der Waals surface area (Å²) in [5, 5.41) is 9.50. The van der Waals surface area contributed by atoms with Gasteiger partial charge in [-0.25, -0.2) is 0 Å². The Balaban J connectivity index is 2.20. The zero-order valence-electron chi connectivity index (χ0n) is 11.5. The summed E-state index contributed by atoms with van der Waals surface area (Å²) >= 11 is 3.54. The van der Waals surface area contributed by atoms with E-state index in [2.05, 4.69) is 15.9 Å². The normalized spacial score (nSPS) is 17.5. The first-order valence-corrected chi connectivity index (χ1v) is 7.60. The van der Waals surface area contributed by atoms with Crippen molar-refractivity contribution in [1.82, 2.24) is 0 Å². The molecule has 1 atom stereocenters. The van der Waals surface area contributed by atoms with Crippen LogP contribution in [0.15, 0.2) is 16.6 Å². The van der Waals surface area contributed by atoms with Crippen LogP contribution >= 0.6 is 15.9 Å². The van der Waals surface area contributed by atoms with E-state index >= 15 is 0 Å². The third-order valence-electron chi connectivity index (χ3n) is 3.44. The van der Waals surface area contributed by atoms with Crippen LogP contribution in [0.3, 0.4) is 0 Å². The second kappa shape index (κ2) is 6.62. The predicted molar refractivity (Wildman–Crippen MR) is 79.0 cm³/mol. The van der Waals surface area contributed by atoms with Gasteiger partial charge in [-0.3, -0.25) is 0 Å². The van der Waals surface area contributed by atoms with Crippen LogP contribution < -0.4 is 9.47 Å². The van der Waals surface area contributed by atoms with E-state index in [1.807, 2.05) is 12.1 Å². The molecule has 1 aliphatic rings. The van der Waals surface area contributed by atoms with Gasteiger partial charge >= 0.3 is 0 Å². The van der Waals surface area contributed by atoms with Crippen molar-refractivity contribution in [1.29, 1.82) is 0 Å². The van der Waals surface area contributed by atoms with Gasteiger partial charge in [0.25, 0.3) is 0 Å². The van der Waals surface area contributed by atoms with Gasteiger partial charge in [0.1, 0.15) is 0 Å². The maximum Gasteiger partial charge on any atom is 0.162 e. The zero-order chi connectivity index (χ0) is 13.8. The van der Waals surface area contributed by atoms with Crippen LogP contribution in [0.1, 0.15) is 38.2 Å². The molecule has 1 aromatic rings. The molecule has 3 nitrogen and oxygen atoms in total. The topological polar surface area (TPSA) is 38.7 Å². The van der Waals surface area contributed by atoms with Crippen molar-refractivity contribution in [2.45, 2.75) is 51.2 Å². The number of ether oxygens (including phenoxy) is 2. The summed E-state index contributed by atoms with van der Waals surface area (Å²) in [7, 11) is 1.65. The second-order valence-corrected chi connectivity index (χ2v) is 6.03. The number of aliphatic hydroxyl groups is 1. The smallest absolute Gasteiger partial charge is 0.162 e. The SMILES string of the molecule is COc1cc(CC(C)O)c(Br)cc1OC1CCCC1. The number of hydrogen-bond acceptors (Lipinski definition) is 3. The van der Waals surface area contributed by atoms with Crippen LogP contribution in [-0.2, 0) is 6.42 Å². The van der Waals surface area contributed by atoms with Gasteiger partial charge in [0, 0.05) is 4.47 Å². The van der Waals surface area contributed by atoms with E-state index in [0.29, 0.717) is 12.5 Å². The van der Waals surface area contributed by atoms with Crippen molar-refractivity contribution < 1.29 is 14.6 Å². The van der Waals surface area contributed by atoms with Crippen LogP contribution in [0.4, 0.5) is 0 Å². The Morgan fingerprint density at radius 1 is 1.32 bits per heavy atom. The standard InChI is InChI=1S/C15H21BrO3/c1-10(17)7-11-8-14(18-2)15(9-13(11)16)19-12-5-3-4-6-12/h8-10,12,17H,3-7H2,1-2H3. The van der Waals surface area contributed by atoms with Crippen molar-refractivity contribution in [2.75, 3.05) is 7.11 Å². The molecule has 1 aromatic carbocycles. The van der Waals surface area contributed by atoms with Crippen molar-refractivity contribution in [3.8, 4) is 11.5 Å². The summed E-state index contributed by atoms with van der Waals surface area (Å²) in [6.45, 7) is 1.78. The molecular formula is C15H21BrO3. The summed E-state index contributed by atoms with van der Waals surface area (Å²) in [6, 6.07) is 3.90. The van der Waals surface area contributed by atoms with E-state index in [0.717, 1.165) is 34.4 Å². The van der Waals surface area contributed by atoms with Gasteiger partial charge in [-0.2, -0.15) is 0 Å². The third-order valence-corrected chi connectivity index (χ3v) is 4.18. The summed E-state index contributed by atoms with van der Waals surface area (Å²) in [6.07, 6.45) is 5.27. The molecule has 1 unspecified atom stereocenters. The lowest BCUT2D eigenvalue weighted by Gasteiger charge is -2.18. The first kappa shape index (κ1) is 14.7. The number of hydrogen-bond donors (Lipinski definition) is 1. The van der Waals surface area contributed by atoms with Gasteiger partial charge in [-0.1, -0.05) is 15.9 Å². The zero-order valence-corrected chi connectivity index (χ0v) is 13.1. The lowest BCUT2D eigenvalue weighted by Crippen LogP contribution is -2.12. The lowest BCUT2D eigenvalue weighted by atomic mass is 10.1. The third kappa shape index (κ3) is 3.86. The molecule has 19 heavy (non-hydrogen) atoms. The number of aliphatic hydroxyl groups excluding tert-OH is 1. The fourth-order valence-corrected chi connectivity index (χ4v) is 2.97. The van der Waals surface area contributed by atoms with Crippen molar-refractivity contribution in [3.63, 3.8) is 0 Å². The number of halogens is 1. The monoisotopic (exact) mass is 328 g/mol. The molecule has 0 heterocycles. The molecule has 1 N–H and O–H groups in total. The molecule has 0 bridgehead atoms. The van der Waals surface area contributed by atoms with E-state index in [1.165, 1.54) is 12.8 Å². The van der Waals surface area contributed by atoms with Crippen molar-refractivity contribution >= 4 is 15.9 Å². The first-order valence-electron chi connectivity index (χ1n) is 6.81. The van der Waals surface area contributed by atoms with E-state index in [4.69, 9.17) is 9.47 Å². The number of benzene rings is 1. The number of rotatable bonds is 5. The molecule has 2 rings (SSSR count). The summed E-state index contributed by atoms with van der Waals surface area (Å²) < 4.78 is 12.4. The molecule has 4 heteroatoms. The molecule has 106 valence electrons. The Morgan fingerprint density at radius 2 is 2.00 bits per heavy atom. The van der Waals surface area contributed by atoms with Crippen molar-refractivity contribution in [3.05, 3.63) is 22.2 Å². The quantitative estimate of drug-likeness (QED) is 0.895. The van der Waals surface area contributed by atoms with Crippen LogP contribution in [0.25, 0.3) is 0 Å². The van der Waals surface area contributed by atoms with Gasteiger partial charge in [-0.05, 0) is 56.7 Å². The van der Waals surface area contributed by atoms with Gasteiger partial charge < -0.3 is 14.6 Å². The van der Waals surface area contributed by atoms with E-state index in [1.54, 1.807) is 14.0 Å². The first-order chi connectivity index (χ1) is 9.10. The molecule has 0 aromatic heterocycles. The minimum absolute atomic E-state index is 0.309. The molecule has 0 amide bonds. The highest BCUT2D eigenvalue weighted by molar-refractivity contribution is 9.10. The highest BCUT2D eigenvalue weighted by Crippen LogP contribution is 2.36. The maximum atomic E-state index is 9.50. The van der Waals surface area contributed by atoms with E-state index in [-0.39, 0.29) is 6.10 Å². The summed E-state index contributed by atoms with van der Waals surface area (Å²) in [5.41, 5.74) is 1.03.